The number of rotatable bonds is 6. The maximum absolute atomic E-state index is 11.2. The second-order valence-electron chi connectivity index (χ2n) is 4.58. The first-order valence-electron chi connectivity index (χ1n) is 5.74. The van der Waals surface area contributed by atoms with Gasteiger partial charge in [0.25, 0.3) is 5.69 Å². The van der Waals surface area contributed by atoms with Crippen LogP contribution in [0.1, 0.15) is 20.3 Å². The maximum Gasteiger partial charge on any atom is 0.326 e. The zero-order chi connectivity index (χ0) is 14.6. The predicted molar refractivity (Wildman–Crippen MR) is 80.3 cm³/mol. The summed E-state index contributed by atoms with van der Waals surface area (Å²) in [5.41, 5.74) is 0.125. The molecule has 0 saturated heterocycles. The molecule has 0 radical (unpaired) electrons. The second-order valence-corrected chi connectivity index (χ2v) is 5.83. The Hall–Kier alpha value is -1.38. The van der Waals surface area contributed by atoms with Gasteiger partial charge in [-0.3, -0.25) is 10.1 Å². The third kappa shape index (κ3) is 4.66. The predicted octanol–water partition coefficient (Wildman–Crippen LogP) is 3.11. The van der Waals surface area contributed by atoms with Crippen molar-refractivity contribution < 1.29 is 14.8 Å². The summed E-state index contributed by atoms with van der Waals surface area (Å²) in [5.74, 6) is -0.835. The van der Waals surface area contributed by atoms with Crippen LogP contribution in [0.15, 0.2) is 18.2 Å². The Morgan fingerprint density at radius 2 is 2.16 bits per heavy atom. The molecular weight excluding hydrogens is 363 g/mol. The number of hydrogen-bond donors (Lipinski definition) is 2. The number of nitro benzene ring substituents is 1. The summed E-state index contributed by atoms with van der Waals surface area (Å²) in [4.78, 5) is 21.6. The number of anilines is 1. The van der Waals surface area contributed by atoms with Crippen molar-refractivity contribution in [3.63, 3.8) is 0 Å². The largest absolute Gasteiger partial charge is 0.480 e. The number of hydrogen-bond acceptors (Lipinski definition) is 4. The summed E-state index contributed by atoms with van der Waals surface area (Å²) in [7, 11) is 0. The number of carboxylic acids is 1. The van der Waals surface area contributed by atoms with E-state index < -0.39 is 16.9 Å². The zero-order valence-electron chi connectivity index (χ0n) is 10.6. The lowest BCUT2D eigenvalue weighted by Crippen LogP contribution is -2.31. The van der Waals surface area contributed by atoms with Crippen molar-refractivity contribution in [3.05, 3.63) is 31.9 Å². The van der Waals surface area contributed by atoms with Crippen molar-refractivity contribution in [2.24, 2.45) is 5.92 Å². The highest BCUT2D eigenvalue weighted by Crippen LogP contribution is 2.27. The molecule has 104 valence electrons. The molecule has 1 aromatic rings. The smallest absolute Gasteiger partial charge is 0.326 e. The molecule has 0 bridgehead atoms. The van der Waals surface area contributed by atoms with E-state index in [1.165, 1.54) is 12.1 Å². The van der Waals surface area contributed by atoms with E-state index in [1.54, 1.807) is 6.07 Å². The summed E-state index contributed by atoms with van der Waals surface area (Å²) >= 11 is 1.97. The highest BCUT2D eigenvalue weighted by molar-refractivity contribution is 14.1. The monoisotopic (exact) mass is 378 g/mol. The normalized spacial score (nSPS) is 12.2. The first kappa shape index (κ1) is 15.7. The Balaban J connectivity index is 3.02. The molecule has 0 saturated carbocycles. The quantitative estimate of drug-likeness (QED) is 0.451. The molecule has 0 aliphatic heterocycles. The number of nitro groups is 1. The molecule has 0 aliphatic carbocycles. The van der Waals surface area contributed by atoms with E-state index in [0.29, 0.717) is 6.42 Å². The number of halogens is 1. The SMILES string of the molecule is CC(C)CC(Nc1ccc(I)cc1[N+](=O)[O-])C(=O)O. The minimum atomic E-state index is -1.01. The van der Waals surface area contributed by atoms with Crippen molar-refractivity contribution in [1.82, 2.24) is 0 Å². The van der Waals surface area contributed by atoms with Crippen LogP contribution in [0.3, 0.4) is 0 Å². The Labute approximate surface area is 124 Å². The van der Waals surface area contributed by atoms with Crippen LogP contribution in [-0.4, -0.2) is 22.0 Å². The number of nitrogens with one attached hydrogen (secondary N) is 1. The van der Waals surface area contributed by atoms with Gasteiger partial charge in [-0.25, -0.2) is 4.79 Å². The molecule has 1 atom stereocenters. The average Bonchev–Trinajstić information content (AvgIpc) is 2.29. The molecule has 0 amide bonds. The fourth-order valence-corrected chi connectivity index (χ4v) is 2.13. The highest BCUT2D eigenvalue weighted by atomic mass is 127. The summed E-state index contributed by atoms with van der Waals surface area (Å²) in [6.07, 6.45) is 0.401. The van der Waals surface area contributed by atoms with Gasteiger partial charge in [0, 0.05) is 9.64 Å². The molecule has 0 heterocycles. The van der Waals surface area contributed by atoms with Crippen LogP contribution in [0.4, 0.5) is 11.4 Å². The van der Waals surface area contributed by atoms with E-state index in [9.17, 15) is 14.9 Å². The van der Waals surface area contributed by atoms with Crippen LogP contribution in [-0.2, 0) is 4.79 Å². The van der Waals surface area contributed by atoms with E-state index in [4.69, 9.17) is 5.11 Å². The Bertz CT molecular complexity index is 491. The molecule has 0 aliphatic rings. The van der Waals surface area contributed by atoms with E-state index >= 15 is 0 Å². The Morgan fingerprint density at radius 1 is 1.53 bits per heavy atom. The molecule has 19 heavy (non-hydrogen) atoms. The first-order valence-corrected chi connectivity index (χ1v) is 6.82. The van der Waals surface area contributed by atoms with Gasteiger partial charge in [0.1, 0.15) is 11.7 Å². The van der Waals surface area contributed by atoms with Crippen molar-refractivity contribution in [3.8, 4) is 0 Å². The molecule has 2 N–H and O–H groups in total. The van der Waals surface area contributed by atoms with Gasteiger partial charge in [-0.15, -0.1) is 0 Å². The molecule has 1 aromatic carbocycles. The number of carboxylic acid groups (broad SMARTS) is 1. The number of aliphatic carboxylic acids is 1. The number of benzene rings is 1. The lowest BCUT2D eigenvalue weighted by Gasteiger charge is -2.17. The third-order valence-corrected chi connectivity index (χ3v) is 3.16. The summed E-state index contributed by atoms with van der Waals surface area (Å²) in [5, 5.41) is 22.8. The Morgan fingerprint density at radius 3 is 2.63 bits per heavy atom. The van der Waals surface area contributed by atoms with Crippen LogP contribution in [0.2, 0.25) is 0 Å². The summed E-state index contributed by atoms with van der Waals surface area (Å²) in [6.45, 7) is 3.81. The first-order chi connectivity index (χ1) is 8.81. The molecule has 1 unspecified atom stereocenters. The molecule has 7 heteroatoms. The van der Waals surface area contributed by atoms with E-state index in [2.05, 4.69) is 5.32 Å². The molecular formula is C12H15IN2O4. The highest BCUT2D eigenvalue weighted by Gasteiger charge is 2.23. The molecule has 0 aromatic heterocycles. The molecule has 0 fully saturated rings. The summed E-state index contributed by atoms with van der Waals surface area (Å²) in [6, 6.07) is 3.82. The van der Waals surface area contributed by atoms with E-state index in [1.807, 2.05) is 36.4 Å². The van der Waals surface area contributed by atoms with E-state index in [-0.39, 0.29) is 17.3 Å². The average molecular weight is 378 g/mol. The van der Waals surface area contributed by atoms with Gasteiger partial charge < -0.3 is 10.4 Å². The standard InChI is InChI=1S/C12H15IN2O4/c1-7(2)5-10(12(16)17)14-9-4-3-8(13)6-11(9)15(18)19/h3-4,6-7,10,14H,5H2,1-2H3,(H,16,17). The zero-order valence-corrected chi connectivity index (χ0v) is 12.7. The van der Waals surface area contributed by atoms with Crippen LogP contribution in [0.25, 0.3) is 0 Å². The Kier molecular flexibility index (Phi) is 5.52. The fourth-order valence-electron chi connectivity index (χ4n) is 1.66. The molecule has 0 spiro atoms. The van der Waals surface area contributed by atoms with Gasteiger partial charge in [-0.1, -0.05) is 13.8 Å². The van der Waals surface area contributed by atoms with Crippen LogP contribution in [0, 0.1) is 19.6 Å². The van der Waals surface area contributed by atoms with Crippen molar-refractivity contribution in [1.29, 1.82) is 0 Å². The van der Waals surface area contributed by atoms with Crippen molar-refractivity contribution >= 4 is 39.9 Å². The van der Waals surface area contributed by atoms with E-state index in [0.717, 1.165) is 3.57 Å². The van der Waals surface area contributed by atoms with Gasteiger partial charge in [-0.2, -0.15) is 0 Å². The minimum absolute atomic E-state index is 0.109. The van der Waals surface area contributed by atoms with Crippen molar-refractivity contribution in [2.45, 2.75) is 26.3 Å². The lowest BCUT2D eigenvalue weighted by molar-refractivity contribution is -0.384. The number of nitrogens with zero attached hydrogens (tertiary/aromatic N) is 1. The van der Waals surface area contributed by atoms with Crippen LogP contribution < -0.4 is 5.32 Å². The van der Waals surface area contributed by atoms with Gasteiger partial charge in [0.15, 0.2) is 0 Å². The van der Waals surface area contributed by atoms with Crippen LogP contribution in [0.5, 0.6) is 0 Å². The maximum atomic E-state index is 11.2. The molecule has 1 rings (SSSR count). The molecule has 6 nitrogen and oxygen atoms in total. The fraction of sp³-hybridized carbons (Fsp3) is 0.417. The second kappa shape index (κ2) is 6.69. The van der Waals surface area contributed by atoms with Crippen molar-refractivity contribution in [2.75, 3.05) is 5.32 Å². The van der Waals surface area contributed by atoms with Gasteiger partial charge in [0.2, 0.25) is 0 Å². The lowest BCUT2D eigenvalue weighted by atomic mass is 10.0. The van der Waals surface area contributed by atoms with Gasteiger partial charge >= 0.3 is 5.97 Å². The van der Waals surface area contributed by atoms with Gasteiger partial charge in [-0.05, 0) is 47.1 Å². The number of carbonyl (C=O) groups is 1. The van der Waals surface area contributed by atoms with Crippen LogP contribution >= 0.6 is 22.6 Å². The van der Waals surface area contributed by atoms with Gasteiger partial charge in [0.05, 0.1) is 4.92 Å². The third-order valence-electron chi connectivity index (χ3n) is 2.49. The topological polar surface area (TPSA) is 92.5 Å². The summed E-state index contributed by atoms with van der Waals surface area (Å²) < 4.78 is 0.727. The minimum Gasteiger partial charge on any atom is -0.480 e.